The highest BCUT2D eigenvalue weighted by atomic mass is 35.5. The van der Waals surface area contributed by atoms with E-state index >= 15 is 0 Å². The molecule has 0 saturated heterocycles. The van der Waals surface area contributed by atoms with Crippen LogP contribution >= 0.6 is 35.1 Å². The SMILES string of the molecule is CSc1nc(-c2cc(NC(=O)c3ccc(C)c(F)c3)ccc2C)c2c(n1)N(c1c(F)cccc1F)C(=O)NC2.CSc1nc(Cl)c2c(n1)N(c1c(F)cccc1F)C(=O)NC2. The minimum atomic E-state index is -0.919. The number of benzene rings is 4. The van der Waals surface area contributed by atoms with Crippen LogP contribution in [0, 0.1) is 42.9 Å². The number of para-hydroxylation sites is 2. The number of nitrogens with zero attached hydrogens (tertiary/aromatic N) is 6. The molecule has 0 aliphatic carbocycles. The van der Waals surface area contributed by atoms with Crippen LogP contribution in [0.15, 0.2) is 83.1 Å². The van der Waals surface area contributed by atoms with E-state index in [0.29, 0.717) is 38.8 Å². The molecule has 0 saturated carbocycles. The molecule has 4 heterocycles. The molecule has 5 amide bonds. The number of aromatic nitrogens is 4. The summed E-state index contributed by atoms with van der Waals surface area (Å²) in [4.78, 5) is 56.9. The second kappa shape index (κ2) is 17.7. The Labute approximate surface area is 358 Å². The van der Waals surface area contributed by atoms with E-state index in [-0.39, 0.29) is 40.6 Å². The molecule has 2 aliphatic rings. The Balaban J connectivity index is 0.000000215. The number of nitrogens with one attached hydrogen (secondary N) is 3. The number of carbonyl (C=O) groups excluding carboxylic acids is 3. The number of urea groups is 2. The molecule has 4 aromatic carbocycles. The number of aryl methyl sites for hydroxylation is 2. The Morgan fingerprint density at radius 2 is 1.18 bits per heavy atom. The summed E-state index contributed by atoms with van der Waals surface area (Å²) in [6.07, 6.45) is 3.47. The maximum Gasteiger partial charge on any atom is 0.328 e. The van der Waals surface area contributed by atoms with Gasteiger partial charge in [0.05, 0.1) is 24.3 Å². The molecule has 61 heavy (non-hydrogen) atoms. The van der Waals surface area contributed by atoms with Crippen LogP contribution < -0.4 is 25.8 Å². The van der Waals surface area contributed by atoms with Crippen molar-refractivity contribution in [2.45, 2.75) is 37.2 Å². The smallest absolute Gasteiger partial charge is 0.328 e. The lowest BCUT2D eigenvalue weighted by atomic mass is 9.99. The van der Waals surface area contributed by atoms with Gasteiger partial charge in [-0.2, -0.15) is 0 Å². The second-order valence-corrected chi connectivity index (χ2v) is 15.1. The lowest BCUT2D eigenvalue weighted by Crippen LogP contribution is -2.43. The zero-order valence-corrected chi connectivity index (χ0v) is 34.7. The number of hydrogen-bond donors (Lipinski definition) is 3. The topological polar surface area (TPSA) is 145 Å². The number of anilines is 5. The number of halogens is 6. The van der Waals surface area contributed by atoms with Crippen LogP contribution in [-0.4, -0.2) is 50.4 Å². The molecule has 6 aromatic rings. The van der Waals surface area contributed by atoms with Crippen LogP contribution in [-0.2, 0) is 13.1 Å². The van der Waals surface area contributed by atoms with Crippen LogP contribution in [0.4, 0.5) is 60.2 Å². The van der Waals surface area contributed by atoms with E-state index in [2.05, 4.69) is 35.9 Å². The minimum Gasteiger partial charge on any atom is -0.333 e. The standard InChI is InChI=1S/C28H22F3N5O2S.C13H9ClF2N4OS/c1-14-8-10-17(33-26(37)16-9-7-15(2)22(31)11-16)12-18(14)23-19-13-32-28(38)36(25(19)35-27(34-23)39-3)24-20(29)5-4-6-21(24)30;1-22-12-18-10(14)6-5-17-13(21)20(11(6)19-12)9-7(15)3-2-4-8(9)16/h4-12H,13H2,1-3H3,(H,32,38)(H,33,37);2-4H,5H2,1H3,(H,17,21). The highest BCUT2D eigenvalue weighted by Gasteiger charge is 2.35. The molecule has 8 rings (SSSR count). The van der Waals surface area contributed by atoms with Crippen molar-refractivity contribution in [3.05, 3.63) is 135 Å². The summed E-state index contributed by atoms with van der Waals surface area (Å²) >= 11 is 8.49. The molecule has 3 N–H and O–H groups in total. The molecule has 0 spiro atoms. The minimum absolute atomic E-state index is 0.0173. The van der Waals surface area contributed by atoms with Crippen LogP contribution in [0.5, 0.6) is 0 Å². The predicted octanol–water partition coefficient (Wildman–Crippen LogP) is 10.0. The molecule has 312 valence electrons. The molecule has 0 unspecified atom stereocenters. The number of fused-ring (bicyclic) bond motifs is 2. The number of carbonyl (C=O) groups is 3. The summed E-state index contributed by atoms with van der Waals surface area (Å²) < 4.78 is 71.6. The summed E-state index contributed by atoms with van der Waals surface area (Å²) in [5.74, 6) is -4.42. The molecule has 12 nitrogen and oxygen atoms in total. The van der Waals surface area contributed by atoms with E-state index in [9.17, 15) is 36.3 Å². The van der Waals surface area contributed by atoms with E-state index in [0.717, 1.165) is 39.6 Å². The number of thioether (sulfide) groups is 2. The van der Waals surface area contributed by atoms with Crippen molar-refractivity contribution >= 4 is 81.8 Å². The first-order valence-corrected chi connectivity index (χ1v) is 20.8. The third kappa shape index (κ3) is 8.53. The van der Waals surface area contributed by atoms with Crippen molar-refractivity contribution in [2.24, 2.45) is 0 Å². The average molecular weight is 892 g/mol. The van der Waals surface area contributed by atoms with Crippen molar-refractivity contribution < 1.29 is 36.3 Å². The van der Waals surface area contributed by atoms with Gasteiger partial charge in [-0.25, -0.2) is 61.3 Å². The molecule has 2 aliphatic heterocycles. The van der Waals surface area contributed by atoms with Crippen molar-refractivity contribution in [2.75, 3.05) is 27.6 Å². The van der Waals surface area contributed by atoms with Gasteiger partial charge < -0.3 is 16.0 Å². The molecule has 0 atom stereocenters. The van der Waals surface area contributed by atoms with Gasteiger partial charge in [0.1, 0.15) is 45.6 Å². The molecule has 0 bridgehead atoms. The Kier molecular flexibility index (Phi) is 12.4. The Morgan fingerprint density at radius 3 is 1.72 bits per heavy atom. The molecule has 20 heteroatoms. The maximum absolute atomic E-state index is 14.8. The third-order valence-corrected chi connectivity index (χ3v) is 10.8. The fraction of sp³-hybridized carbons (Fsp3) is 0.146. The van der Waals surface area contributed by atoms with E-state index < -0.39 is 58.4 Å². The zero-order valence-electron chi connectivity index (χ0n) is 32.3. The van der Waals surface area contributed by atoms with E-state index in [1.165, 1.54) is 53.9 Å². The Bertz CT molecular complexity index is 2730. The van der Waals surface area contributed by atoms with E-state index in [1.54, 1.807) is 37.6 Å². The van der Waals surface area contributed by atoms with Gasteiger partial charge in [-0.3, -0.25) is 4.79 Å². The highest BCUT2D eigenvalue weighted by molar-refractivity contribution is 7.98. The van der Waals surface area contributed by atoms with Crippen LogP contribution in [0.25, 0.3) is 11.3 Å². The second-order valence-electron chi connectivity index (χ2n) is 13.2. The summed E-state index contributed by atoms with van der Waals surface area (Å²) in [5, 5.41) is 8.65. The monoisotopic (exact) mass is 891 g/mol. The number of amides is 5. The summed E-state index contributed by atoms with van der Waals surface area (Å²) in [6.45, 7) is 3.57. The van der Waals surface area contributed by atoms with E-state index in [1.807, 2.05) is 6.92 Å². The summed E-state index contributed by atoms with van der Waals surface area (Å²) in [6, 6.07) is 14.7. The van der Waals surface area contributed by atoms with Gasteiger partial charge in [0.15, 0.2) is 21.9 Å². The third-order valence-electron chi connectivity index (χ3n) is 9.41. The first-order chi connectivity index (χ1) is 29.2. The van der Waals surface area contributed by atoms with Gasteiger partial charge in [0.2, 0.25) is 0 Å². The van der Waals surface area contributed by atoms with Gasteiger partial charge >= 0.3 is 12.1 Å². The van der Waals surface area contributed by atoms with Crippen LogP contribution in [0.1, 0.15) is 32.6 Å². The van der Waals surface area contributed by atoms with Gasteiger partial charge in [0.25, 0.3) is 5.91 Å². The normalized spacial score (nSPS) is 13.1. The maximum atomic E-state index is 14.8. The molecule has 2 aromatic heterocycles. The lowest BCUT2D eigenvalue weighted by Gasteiger charge is -2.30. The molecule has 0 fully saturated rings. The first kappa shape index (κ1) is 42.8. The van der Waals surface area contributed by atoms with Crippen molar-refractivity contribution in [3.63, 3.8) is 0 Å². The first-order valence-electron chi connectivity index (χ1n) is 18.0. The Morgan fingerprint density at radius 1 is 0.672 bits per heavy atom. The largest absolute Gasteiger partial charge is 0.333 e. The van der Waals surface area contributed by atoms with Gasteiger partial charge in [-0.15, -0.1) is 0 Å². The molecular weight excluding hydrogens is 861 g/mol. The van der Waals surface area contributed by atoms with Gasteiger partial charge in [-0.1, -0.05) is 59.4 Å². The Hall–Kier alpha value is -6.31. The predicted molar refractivity (Wildman–Crippen MR) is 223 cm³/mol. The quantitative estimate of drug-likeness (QED) is 0.0617. The van der Waals surface area contributed by atoms with Crippen LogP contribution in [0.3, 0.4) is 0 Å². The lowest BCUT2D eigenvalue weighted by molar-refractivity contribution is 0.102. The van der Waals surface area contributed by atoms with Gasteiger partial charge in [0, 0.05) is 22.4 Å². The fourth-order valence-electron chi connectivity index (χ4n) is 6.36. The highest BCUT2D eigenvalue weighted by Crippen LogP contribution is 2.40. The van der Waals surface area contributed by atoms with Crippen molar-refractivity contribution in [1.82, 2.24) is 30.6 Å². The fourth-order valence-corrected chi connectivity index (χ4v) is 7.36. The molecular formula is C41H31ClF5N9O3S2. The van der Waals surface area contributed by atoms with Crippen molar-refractivity contribution in [3.8, 4) is 11.3 Å². The zero-order chi connectivity index (χ0) is 43.7. The summed E-state index contributed by atoms with van der Waals surface area (Å²) in [5.41, 5.74) is 2.66. The van der Waals surface area contributed by atoms with E-state index in [4.69, 9.17) is 11.6 Å². The van der Waals surface area contributed by atoms with Crippen molar-refractivity contribution in [1.29, 1.82) is 0 Å². The molecule has 0 radical (unpaired) electrons. The van der Waals surface area contributed by atoms with Gasteiger partial charge in [-0.05, 0) is 86.0 Å². The number of rotatable bonds is 7. The summed E-state index contributed by atoms with van der Waals surface area (Å²) in [7, 11) is 0. The average Bonchev–Trinajstić information content (AvgIpc) is 3.23. The number of hydrogen-bond acceptors (Lipinski definition) is 9. The van der Waals surface area contributed by atoms with Crippen LogP contribution in [0.2, 0.25) is 5.15 Å².